The van der Waals surface area contributed by atoms with Crippen LogP contribution in [-0.4, -0.2) is 16.9 Å². The number of benzene rings is 2. The van der Waals surface area contributed by atoms with Crippen LogP contribution < -0.4 is 5.32 Å². The molecule has 0 aliphatic heterocycles. The Morgan fingerprint density at radius 2 is 1.80 bits per heavy atom. The molecule has 0 radical (unpaired) electrons. The van der Waals surface area contributed by atoms with E-state index in [1.807, 2.05) is 0 Å². The quantitative estimate of drug-likeness (QED) is 0.837. The third-order valence-corrected chi connectivity index (χ3v) is 2.80. The molecule has 0 spiro atoms. The summed E-state index contributed by atoms with van der Waals surface area (Å²) >= 11 is 0. The highest BCUT2D eigenvalue weighted by Crippen LogP contribution is 2.24. The zero-order valence-electron chi connectivity index (χ0n) is 10.7. The molecule has 0 saturated heterocycles. The number of para-hydroxylation sites is 1. The number of anilines is 2. The summed E-state index contributed by atoms with van der Waals surface area (Å²) < 4.78 is 13.7. The van der Waals surface area contributed by atoms with E-state index in [0.29, 0.717) is 5.56 Å². The third-order valence-electron chi connectivity index (χ3n) is 2.80. The molecule has 2 rings (SSSR count). The Morgan fingerprint density at radius 3 is 2.45 bits per heavy atom. The van der Waals surface area contributed by atoms with Crippen LogP contribution in [-0.2, 0) is 0 Å². The van der Waals surface area contributed by atoms with Crippen LogP contribution in [0.2, 0.25) is 0 Å². The lowest BCUT2D eigenvalue weighted by Gasteiger charge is -2.11. The maximum Gasteiger partial charge on any atom is 0.337 e. The van der Waals surface area contributed by atoms with Crippen molar-refractivity contribution in [2.75, 3.05) is 5.32 Å². The summed E-state index contributed by atoms with van der Waals surface area (Å²) in [6.07, 6.45) is 0. The second kappa shape index (κ2) is 5.52. The first-order valence-electron chi connectivity index (χ1n) is 5.89. The first-order valence-corrected chi connectivity index (χ1v) is 5.89. The van der Waals surface area contributed by atoms with Crippen LogP contribution in [0.5, 0.6) is 0 Å². The Bertz CT molecular complexity index is 683. The molecule has 102 valence electrons. The average Bonchev–Trinajstić information content (AvgIpc) is 2.41. The van der Waals surface area contributed by atoms with Crippen molar-refractivity contribution in [1.29, 1.82) is 0 Å². The normalized spacial score (nSPS) is 10.1. The number of halogens is 1. The van der Waals surface area contributed by atoms with Gasteiger partial charge >= 0.3 is 5.97 Å². The highest BCUT2D eigenvalue weighted by molar-refractivity contribution is 5.97. The molecule has 0 aliphatic rings. The van der Waals surface area contributed by atoms with E-state index in [1.165, 1.54) is 37.3 Å². The zero-order chi connectivity index (χ0) is 14.7. The van der Waals surface area contributed by atoms with Gasteiger partial charge in [-0.25, -0.2) is 9.18 Å². The van der Waals surface area contributed by atoms with E-state index < -0.39 is 11.8 Å². The predicted molar refractivity (Wildman–Crippen MR) is 73.1 cm³/mol. The molecule has 2 aromatic carbocycles. The van der Waals surface area contributed by atoms with E-state index in [9.17, 15) is 14.0 Å². The second-order valence-corrected chi connectivity index (χ2v) is 4.23. The lowest BCUT2D eigenvalue weighted by Crippen LogP contribution is -2.04. The number of Topliss-reactive ketones (excluding diaryl/α,β-unsaturated/α-hetero) is 1. The van der Waals surface area contributed by atoms with Crippen LogP contribution in [0.4, 0.5) is 15.8 Å². The fourth-order valence-corrected chi connectivity index (χ4v) is 1.76. The van der Waals surface area contributed by atoms with E-state index in [0.717, 1.165) is 0 Å². The molecule has 0 saturated carbocycles. The van der Waals surface area contributed by atoms with Crippen molar-refractivity contribution < 1.29 is 19.1 Å². The number of aromatic carboxylic acids is 1. The minimum Gasteiger partial charge on any atom is -0.478 e. The van der Waals surface area contributed by atoms with E-state index in [1.54, 1.807) is 12.1 Å². The van der Waals surface area contributed by atoms with Gasteiger partial charge in [0.25, 0.3) is 0 Å². The van der Waals surface area contributed by atoms with Crippen molar-refractivity contribution >= 4 is 23.1 Å². The molecule has 0 aliphatic carbocycles. The number of hydrogen-bond acceptors (Lipinski definition) is 3. The predicted octanol–water partition coefficient (Wildman–Crippen LogP) is 3.47. The summed E-state index contributed by atoms with van der Waals surface area (Å²) in [4.78, 5) is 22.4. The molecule has 5 heteroatoms. The van der Waals surface area contributed by atoms with E-state index in [-0.39, 0.29) is 22.7 Å². The lowest BCUT2D eigenvalue weighted by molar-refractivity contribution is 0.0697. The Balaban J connectivity index is 2.42. The fourth-order valence-electron chi connectivity index (χ4n) is 1.76. The van der Waals surface area contributed by atoms with Gasteiger partial charge in [-0.1, -0.05) is 12.1 Å². The number of hydrogen-bond donors (Lipinski definition) is 2. The molecule has 0 amide bonds. The van der Waals surface area contributed by atoms with Gasteiger partial charge in [-0.05, 0) is 37.3 Å². The van der Waals surface area contributed by atoms with Crippen LogP contribution in [0.3, 0.4) is 0 Å². The fraction of sp³-hybridized carbons (Fsp3) is 0.0667. The van der Waals surface area contributed by atoms with E-state index in [2.05, 4.69) is 5.32 Å². The van der Waals surface area contributed by atoms with Crippen molar-refractivity contribution in [2.24, 2.45) is 0 Å². The van der Waals surface area contributed by atoms with Crippen LogP contribution >= 0.6 is 0 Å². The maximum atomic E-state index is 13.7. The van der Waals surface area contributed by atoms with Gasteiger partial charge in [0, 0.05) is 5.56 Å². The van der Waals surface area contributed by atoms with Gasteiger partial charge in [0.05, 0.1) is 16.9 Å². The molecular weight excluding hydrogens is 261 g/mol. The van der Waals surface area contributed by atoms with E-state index >= 15 is 0 Å². The van der Waals surface area contributed by atoms with Crippen LogP contribution in [0.1, 0.15) is 27.6 Å². The standard InChI is InChI=1S/C15H12FNO3/c1-9(18)10-6-7-12(16)14(8-10)17-13-5-3-2-4-11(13)15(19)20/h2-8,17H,1H3,(H,19,20). The van der Waals surface area contributed by atoms with Crippen molar-refractivity contribution in [3.05, 3.63) is 59.4 Å². The van der Waals surface area contributed by atoms with Gasteiger partial charge in [-0.3, -0.25) is 4.79 Å². The number of rotatable bonds is 4. The van der Waals surface area contributed by atoms with Crippen molar-refractivity contribution in [3.8, 4) is 0 Å². The van der Waals surface area contributed by atoms with Gasteiger partial charge in [0.15, 0.2) is 5.78 Å². The molecule has 0 fully saturated rings. The van der Waals surface area contributed by atoms with Crippen molar-refractivity contribution in [1.82, 2.24) is 0 Å². The Hall–Kier alpha value is -2.69. The van der Waals surface area contributed by atoms with E-state index in [4.69, 9.17) is 5.11 Å². The molecule has 4 nitrogen and oxygen atoms in total. The maximum absolute atomic E-state index is 13.7. The molecule has 2 N–H and O–H groups in total. The second-order valence-electron chi connectivity index (χ2n) is 4.23. The minimum atomic E-state index is -1.11. The van der Waals surface area contributed by atoms with Crippen molar-refractivity contribution in [2.45, 2.75) is 6.92 Å². The summed E-state index contributed by atoms with van der Waals surface area (Å²) in [5.74, 6) is -1.87. The number of carboxylic acids is 1. The van der Waals surface area contributed by atoms with Gasteiger partial charge in [0.1, 0.15) is 5.82 Å². The number of carboxylic acid groups (broad SMARTS) is 1. The molecule has 0 heterocycles. The molecule has 0 atom stereocenters. The number of ketones is 1. The number of carbonyl (C=O) groups excluding carboxylic acids is 1. The van der Waals surface area contributed by atoms with Crippen molar-refractivity contribution in [3.63, 3.8) is 0 Å². The Kier molecular flexibility index (Phi) is 3.79. The summed E-state index contributed by atoms with van der Waals surface area (Å²) in [6.45, 7) is 1.38. The third kappa shape index (κ3) is 2.83. The SMILES string of the molecule is CC(=O)c1ccc(F)c(Nc2ccccc2C(=O)O)c1. The Morgan fingerprint density at radius 1 is 1.10 bits per heavy atom. The molecule has 20 heavy (non-hydrogen) atoms. The molecular formula is C15H12FNO3. The van der Waals surface area contributed by atoms with Crippen LogP contribution in [0.15, 0.2) is 42.5 Å². The largest absolute Gasteiger partial charge is 0.478 e. The lowest BCUT2D eigenvalue weighted by atomic mass is 10.1. The summed E-state index contributed by atoms with van der Waals surface area (Å²) in [6, 6.07) is 10.1. The molecule has 2 aromatic rings. The zero-order valence-corrected chi connectivity index (χ0v) is 10.7. The molecule has 0 aromatic heterocycles. The summed E-state index contributed by atoms with van der Waals surface area (Å²) in [5.41, 5.74) is 0.702. The highest BCUT2D eigenvalue weighted by Gasteiger charge is 2.12. The topological polar surface area (TPSA) is 66.4 Å². The Labute approximate surface area is 114 Å². The van der Waals surface area contributed by atoms with Gasteiger partial charge in [-0.2, -0.15) is 0 Å². The summed E-state index contributed by atoms with van der Waals surface area (Å²) in [5, 5.41) is 11.8. The van der Waals surface area contributed by atoms with Gasteiger partial charge in [0.2, 0.25) is 0 Å². The highest BCUT2D eigenvalue weighted by atomic mass is 19.1. The summed E-state index contributed by atoms with van der Waals surface area (Å²) in [7, 11) is 0. The van der Waals surface area contributed by atoms with Gasteiger partial charge in [-0.15, -0.1) is 0 Å². The number of nitrogens with one attached hydrogen (secondary N) is 1. The first-order chi connectivity index (χ1) is 9.49. The monoisotopic (exact) mass is 273 g/mol. The number of carbonyl (C=O) groups is 2. The van der Waals surface area contributed by atoms with Gasteiger partial charge < -0.3 is 10.4 Å². The molecule has 0 bridgehead atoms. The molecule has 0 unspecified atom stereocenters. The van der Waals surface area contributed by atoms with Crippen LogP contribution in [0.25, 0.3) is 0 Å². The minimum absolute atomic E-state index is 0.0279. The first kappa shape index (κ1) is 13.7. The smallest absolute Gasteiger partial charge is 0.337 e. The van der Waals surface area contributed by atoms with Crippen LogP contribution in [0, 0.1) is 5.82 Å². The average molecular weight is 273 g/mol.